The van der Waals surface area contributed by atoms with Gasteiger partial charge < -0.3 is 19.0 Å². The molecule has 1 N–H and O–H groups in total. The van der Waals surface area contributed by atoms with Crippen molar-refractivity contribution in [3.05, 3.63) is 27.8 Å². The Balaban J connectivity index is 2.68. The van der Waals surface area contributed by atoms with E-state index in [2.05, 4.69) is 0 Å². The molecule has 2 rings (SSSR count). The first kappa shape index (κ1) is 16.0. The van der Waals surface area contributed by atoms with Crippen molar-refractivity contribution in [3.63, 3.8) is 0 Å². The molecule has 0 amide bonds. The maximum Gasteiger partial charge on any atom is 0.324 e. The number of ether oxygens (including phenoxy) is 2. The summed E-state index contributed by atoms with van der Waals surface area (Å²) < 4.78 is 15.5. The summed E-state index contributed by atoms with van der Waals surface area (Å²) in [4.78, 5) is 23.9. The van der Waals surface area contributed by atoms with Crippen LogP contribution in [-0.4, -0.2) is 31.4 Å². The van der Waals surface area contributed by atoms with Gasteiger partial charge in [-0.15, -0.1) is 0 Å². The highest BCUT2D eigenvalue weighted by Gasteiger charge is 2.50. The number of methoxy groups -OCH3 is 1. The van der Waals surface area contributed by atoms with E-state index in [-0.39, 0.29) is 31.8 Å². The summed E-state index contributed by atoms with van der Waals surface area (Å²) in [6, 6.07) is 3.08. The molecule has 1 aromatic heterocycles. The molecule has 1 fully saturated rings. The molecular formula is C15H17NO6. The summed E-state index contributed by atoms with van der Waals surface area (Å²) in [6.07, 6.45) is 0.528. The fourth-order valence-corrected chi connectivity index (χ4v) is 2.84. The summed E-state index contributed by atoms with van der Waals surface area (Å²) in [7, 11) is 1.19. The lowest BCUT2D eigenvalue weighted by atomic mass is 9.68. The number of carbonyl (C=O) groups excluding carboxylic acids is 1. The van der Waals surface area contributed by atoms with Crippen molar-refractivity contribution < 1.29 is 23.8 Å². The summed E-state index contributed by atoms with van der Waals surface area (Å²) in [5.41, 5.74) is -1.75. The number of aryl methyl sites for hydroxylation is 1. The minimum Gasteiger partial charge on any atom is -0.502 e. The summed E-state index contributed by atoms with van der Waals surface area (Å²) in [5, 5.41) is 19.6. The molecule has 1 aromatic rings. The Morgan fingerprint density at radius 1 is 1.50 bits per heavy atom. The topological polar surface area (TPSA) is 110 Å². The molecule has 7 nitrogen and oxygen atoms in total. The fraction of sp³-hybridized carbons (Fsp3) is 0.533. The number of carbonyl (C=O) groups is 1. The molecule has 1 atom stereocenters. The van der Waals surface area contributed by atoms with Crippen LogP contribution in [0.5, 0.6) is 5.75 Å². The zero-order chi connectivity index (χ0) is 16.3. The Hall–Kier alpha value is -2.33. The second-order valence-corrected chi connectivity index (χ2v) is 5.25. The normalized spacial score (nSPS) is 18.2. The monoisotopic (exact) mass is 307 g/mol. The van der Waals surface area contributed by atoms with Gasteiger partial charge in [0.25, 0.3) is 0 Å². The van der Waals surface area contributed by atoms with E-state index in [0.717, 1.165) is 6.07 Å². The molecule has 118 valence electrons. The van der Waals surface area contributed by atoms with Crippen LogP contribution in [0.15, 0.2) is 15.3 Å². The molecule has 1 unspecified atom stereocenters. The van der Waals surface area contributed by atoms with Gasteiger partial charge in [-0.2, -0.15) is 5.26 Å². The predicted molar refractivity (Wildman–Crippen MR) is 74.2 cm³/mol. The van der Waals surface area contributed by atoms with Crippen LogP contribution in [-0.2, 0) is 19.7 Å². The van der Waals surface area contributed by atoms with Gasteiger partial charge in [-0.1, -0.05) is 0 Å². The first-order valence-corrected chi connectivity index (χ1v) is 6.85. The molecule has 0 aliphatic carbocycles. The lowest BCUT2D eigenvalue weighted by Crippen LogP contribution is -2.44. The van der Waals surface area contributed by atoms with Gasteiger partial charge in [0.2, 0.25) is 11.2 Å². The van der Waals surface area contributed by atoms with Crippen LogP contribution >= 0.6 is 0 Å². The van der Waals surface area contributed by atoms with Crippen molar-refractivity contribution in [2.45, 2.75) is 25.2 Å². The molecule has 1 saturated heterocycles. The van der Waals surface area contributed by atoms with E-state index in [1.165, 1.54) is 7.11 Å². The number of rotatable bonds is 3. The third-order valence-electron chi connectivity index (χ3n) is 4.00. The van der Waals surface area contributed by atoms with Crippen molar-refractivity contribution in [1.29, 1.82) is 5.26 Å². The van der Waals surface area contributed by atoms with Gasteiger partial charge in [0.05, 0.1) is 18.6 Å². The van der Waals surface area contributed by atoms with Gasteiger partial charge in [-0.3, -0.25) is 9.59 Å². The number of hydrogen-bond acceptors (Lipinski definition) is 7. The molecule has 0 saturated carbocycles. The standard InChI is InChI=1S/C15H17NO6/c1-9-7-11(17)12(18)13(22-9)15(3-5-21-6-4-15)10(8-16)14(19)20-2/h7,10,18H,3-6H2,1-2H3. The molecule has 22 heavy (non-hydrogen) atoms. The number of nitrogens with zero attached hydrogens (tertiary/aromatic N) is 1. The highest BCUT2D eigenvalue weighted by molar-refractivity contribution is 5.77. The number of hydrogen-bond donors (Lipinski definition) is 1. The second-order valence-electron chi connectivity index (χ2n) is 5.25. The van der Waals surface area contributed by atoms with Crippen molar-refractivity contribution >= 4 is 5.97 Å². The average Bonchev–Trinajstić information content (AvgIpc) is 2.52. The molecular weight excluding hydrogens is 290 g/mol. The van der Waals surface area contributed by atoms with Gasteiger partial charge in [0.1, 0.15) is 5.76 Å². The highest BCUT2D eigenvalue weighted by atomic mass is 16.5. The summed E-state index contributed by atoms with van der Waals surface area (Å²) in [5.74, 6) is -2.25. The molecule has 0 spiro atoms. The third-order valence-corrected chi connectivity index (χ3v) is 4.00. The van der Waals surface area contributed by atoms with Crippen LogP contribution in [0.25, 0.3) is 0 Å². The van der Waals surface area contributed by atoms with E-state index < -0.39 is 28.5 Å². The smallest absolute Gasteiger partial charge is 0.324 e. The van der Waals surface area contributed by atoms with Gasteiger partial charge in [-0.25, -0.2) is 0 Å². The largest absolute Gasteiger partial charge is 0.502 e. The van der Waals surface area contributed by atoms with E-state index in [4.69, 9.17) is 13.9 Å². The van der Waals surface area contributed by atoms with Crippen LogP contribution in [0.4, 0.5) is 0 Å². The van der Waals surface area contributed by atoms with Crippen LogP contribution in [0.1, 0.15) is 24.4 Å². The second kappa shape index (κ2) is 6.20. The van der Waals surface area contributed by atoms with Crippen LogP contribution in [0.2, 0.25) is 0 Å². The van der Waals surface area contributed by atoms with Crippen molar-refractivity contribution in [3.8, 4) is 11.8 Å². The van der Waals surface area contributed by atoms with Crippen LogP contribution in [0.3, 0.4) is 0 Å². The van der Waals surface area contributed by atoms with Gasteiger partial charge >= 0.3 is 5.97 Å². The minimum atomic E-state index is -1.20. The molecule has 0 aromatic carbocycles. The Kier molecular flexibility index (Phi) is 4.52. The summed E-state index contributed by atoms with van der Waals surface area (Å²) >= 11 is 0. The zero-order valence-electron chi connectivity index (χ0n) is 12.4. The molecule has 2 heterocycles. The average molecular weight is 307 g/mol. The molecule has 7 heteroatoms. The van der Waals surface area contributed by atoms with Gasteiger partial charge in [0, 0.05) is 19.3 Å². The molecule has 0 bridgehead atoms. The van der Waals surface area contributed by atoms with E-state index in [1.54, 1.807) is 6.92 Å². The maximum atomic E-state index is 12.0. The Morgan fingerprint density at radius 3 is 2.68 bits per heavy atom. The Labute approximate surface area is 127 Å². The SMILES string of the molecule is COC(=O)C(C#N)C1(c2oc(C)cc(=O)c2O)CCOCC1. The van der Waals surface area contributed by atoms with Crippen molar-refractivity contribution in [2.75, 3.05) is 20.3 Å². The first-order valence-electron chi connectivity index (χ1n) is 6.85. The number of aromatic hydroxyl groups is 1. The van der Waals surface area contributed by atoms with E-state index >= 15 is 0 Å². The zero-order valence-corrected chi connectivity index (χ0v) is 12.4. The highest BCUT2D eigenvalue weighted by Crippen LogP contribution is 2.44. The van der Waals surface area contributed by atoms with E-state index in [9.17, 15) is 20.0 Å². The molecule has 1 aliphatic rings. The van der Waals surface area contributed by atoms with Crippen LogP contribution in [0, 0.1) is 24.2 Å². The Morgan fingerprint density at radius 2 is 2.14 bits per heavy atom. The lowest BCUT2D eigenvalue weighted by molar-refractivity contribution is -0.147. The first-order chi connectivity index (χ1) is 10.5. The Bertz CT molecular complexity index is 666. The third kappa shape index (κ3) is 2.57. The molecule has 0 radical (unpaired) electrons. The fourth-order valence-electron chi connectivity index (χ4n) is 2.84. The maximum absolute atomic E-state index is 12.0. The quantitative estimate of drug-likeness (QED) is 0.830. The number of nitriles is 1. The lowest BCUT2D eigenvalue weighted by Gasteiger charge is -2.38. The van der Waals surface area contributed by atoms with E-state index in [0.29, 0.717) is 5.76 Å². The predicted octanol–water partition coefficient (Wildman–Crippen LogP) is 1.01. The van der Waals surface area contributed by atoms with E-state index in [1.807, 2.05) is 6.07 Å². The van der Waals surface area contributed by atoms with Gasteiger partial charge in [-0.05, 0) is 19.8 Å². The minimum absolute atomic E-state index is 0.0437. The summed E-state index contributed by atoms with van der Waals surface area (Å²) in [6.45, 7) is 2.13. The van der Waals surface area contributed by atoms with Gasteiger partial charge in [0.15, 0.2) is 11.7 Å². The van der Waals surface area contributed by atoms with Crippen molar-refractivity contribution in [2.24, 2.45) is 5.92 Å². The van der Waals surface area contributed by atoms with Crippen molar-refractivity contribution in [1.82, 2.24) is 0 Å². The number of esters is 1. The molecule has 1 aliphatic heterocycles. The van der Waals surface area contributed by atoms with Crippen LogP contribution < -0.4 is 5.43 Å².